The summed E-state index contributed by atoms with van der Waals surface area (Å²) in [5.74, 6) is -0.107. The van der Waals surface area contributed by atoms with E-state index in [9.17, 15) is 13.2 Å². The Bertz CT molecular complexity index is 1290. The van der Waals surface area contributed by atoms with E-state index in [0.29, 0.717) is 10.9 Å². The van der Waals surface area contributed by atoms with Crippen molar-refractivity contribution in [3.05, 3.63) is 126 Å². The molecule has 0 N–H and O–H groups in total. The molecule has 0 fully saturated rings. The minimum atomic E-state index is -4.47. The van der Waals surface area contributed by atoms with Crippen LogP contribution in [0.25, 0.3) is 10.9 Å². The fraction of sp³-hybridized carbons (Fsp3) is 0.111. The number of fused-ring (bicyclic) bond motifs is 1. The maximum Gasteiger partial charge on any atom is 0.422 e. The Hall–Kier alpha value is -4.13. The first-order valence-electron chi connectivity index (χ1n) is 10.7. The Kier molecular flexibility index (Phi) is 5.53. The first kappa shape index (κ1) is 21.7. The molecule has 0 unspecified atom stereocenters. The SMILES string of the molecule is FC(F)(F)COc1nccc2c1cnn2C(c1ccccc1)(c1ccccc1)c1ccccc1. The quantitative estimate of drug-likeness (QED) is 0.283. The van der Waals surface area contributed by atoms with Crippen molar-refractivity contribution in [3.8, 4) is 5.88 Å². The monoisotopic (exact) mass is 459 g/mol. The molecule has 0 aliphatic carbocycles. The summed E-state index contributed by atoms with van der Waals surface area (Å²) in [5, 5.41) is 5.12. The summed E-state index contributed by atoms with van der Waals surface area (Å²) in [6.45, 7) is -1.43. The molecule has 0 aliphatic rings. The molecule has 7 heteroatoms. The van der Waals surface area contributed by atoms with E-state index < -0.39 is 18.3 Å². The fourth-order valence-electron chi connectivity index (χ4n) is 4.37. The Labute approximate surface area is 194 Å². The predicted octanol–water partition coefficient (Wildman–Crippen LogP) is 6.21. The van der Waals surface area contributed by atoms with Crippen molar-refractivity contribution in [1.82, 2.24) is 14.8 Å². The third kappa shape index (κ3) is 3.79. The largest absolute Gasteiger partial charge is 0.467 e. The van der Waals surface area contributed by atoms with Crippen LogP contribution in [-0.2, 0) is 5.54 Å². The summed E-state index contributed by atoms with van der Waals surface area (Å²) in [5.41, 5.74) is 2.56. The van der Waals surface area contributed by atoms with E-state index in [2.05, 4.69) is 4.98 Å². The molecule has 0 aliphatic heterocycles. The zero-order valence-electron chi connectivity index (χ0n) is 18.0. The first-order valence-corrected chi connectivity index (χ1v) is 10.7. The van der Waals surface area contributed by atoms with Gasteiger partial charge in [-0.05, 0) is 22.8 Å². The highest BCUT2D eigenvalue weighted by Gasteiger charge is 2.40. The van der Waals surface area contributed by atoms with E-state index in [4.69, 9.17) is 9.84 Å². The summed E-state index contributed by atoms with van der Waals surface area (Å²) in [7, 11) is 0. The molecule has 0 amide bonds. The van der Waals surface area contributed by atoms with Crippen molar-refractivity contribution >= 4 is 10.9 Å². The molecule has 0 spiro atoms. The maximum absolute atomic E-state index is 12.8. The van der Waals surface area contributed by atoms with Crippen LogP contribution in [0.2, 0.25) is 0 Å². The van der Waals surface area contributed by atoms with Crippen molar-refractivity contribution in [3.63, 3.8) is 0 Å². The maximum atomic E-state index is 12.8. The summed E-state index contributed by atoms with van der Waals surface area (Å²) in [6.07, 6.45) is -1.52. The number of halogens is 3. The van der Waals surface area contributed by atoms with Gasteiger partial charge in [0.2, 0.25) is 5.88 Å². The molecule has 0 saturated heterocycles. The zero-order valence-corrected chi connectivity index (χ0v) is 18.0. The topological polar surface area (TPSA) is 39.9 Å². The number of rotatable bonds is 6. The lowest BCUT2D eigenvalue weighted by Crippen LogP contribution is -2.38. The molecule has 170 valence electrons. The van der Waals surface area contributed by atoms with E-state index in [1.165, 1.54) is 12.4 Å². The molecule has 4 nitrogen and oxygen atoms in total. The Morgan fingerprint density at radius 1 is 0.706 bits per heavy atom. The number of hydrogen-bond acceptors (Lipinski definition) is 3. The van der Waals surface area contributed by atoms with Gasteiger partial charge in [-0.3, -0.25) is 0 Å². The minimum absolute atomic E-state index is 0.107. The lowest BCUT2D eigenvalue weighted by molar-refractivity contribution is -0.153. The van der Waals surface area contributed by atoms with Gasteiger partial charge in [0.25, 0.3) is 0 Å². The molecule has 0 saturated carbocycles. The van der Waals surface area contributed by atoms with Crippen LogP contribution in [0.15, 0.2) is 109 Å². The van der Waals surface area contributed by atoms with E-state index >= 15 is 0 Å². The first-order chi connectivity index (χ1) is 16.5. The van der Waals surface area contributed by atoms with E-state index in [1.54, 1.807) is 6.07 Å². The van der Waals surface area contributed by atoms with Crippen molar-refractivity contribution in [2.45, 2.75) is 11.7 Å². The number of pyridine rings is 1. The van der Waals surface area contributed by atoms with E-state index in [0.717, 1.165) is 16.7 Å². The Morgan fingerprint density at radius 2 is 1.21 bits per heavy atom. The summed E-state index contributed by atoms with van der Waals surface area (Å²) < 4.78 is 45.4. The summed E-state index contributed by atoms with van der Waals surface area (Å²) >= 11 is 0. The van der Waals surface area contributed by atoms with Crippen molar-refractivity contribution < 1.29 is 17.9 Å². The van der Waals surface area contributed by atoms with Crippen LogP contribution in [0.4, 0.5) is 13.2 Å². The smallest absolute Gasteiger partial charge is 0.422 e. The van der Waals surface area contributed by atoms with Crippen LogP contribution < -0.4 is 4.74 Å². The highest BCUT2D eigenvalue weighted by atomic mass is 19.4. The average Bonchev–Trinajstić information content (AvgIpc) is 3.30. The number of hydrogen-bond donors (Lipinski definition) is 0. The van der Waals surface area contributed by atoms with Crippen LogP contribution in [0.1, 0.15) is 16.7 Å². The molecular formula is C27H20F3N3O. The number of nitrogens with zero attached hydrogens (tertiary/aromatic N) is 3. The number of aromatic nitrogens is 3. The van der Waals surface area contributed by atoms with Gasteiger partial charge in [0.05, 0.1) is 17.1 Å². The molecule has 3 aromatic carbocycles. The molecule has 5 rings (SSSR count). The van der Waals surface area contributed by atoms with Gasteiger partial charge in [-0.2, -0.15) is 18.3 Å². The van der Waals surface area contributed by atoms with Gasteiger partial charge in [-0.1, -0.05) is 91.0 Å². The second-order valence-corrected chi connectivity index (χ2v) is 7.82. The zero-order chi connectivity index (χ0) is 23.6. The molecule has 0 atom stereocenters. The summed E-state index contributed by atoms with van der Waals surface area (Å²) in [4.78, 5) is 4.05. The van der Waals surface area contributed by atoms with Gasteiger partial charge in [0.15, 0.2) is 6.61 Å². The lowest BCUT2D eigenvalue weighted by atomic mass is 9.77. The fourth-order valence-corrected chi connectivity index (χ4v) is 4.37. The number of ether oxygens (including phenoxy) is 1. The van der Waals surface area contributed by atoms with Crippen molar-refractivity contribution in [2.24, 2.45) is 0 Å². The van der Waals surface area contributed by atoms with Crippen LogP contribution in [0.5, 0.6) is 5.88 Å². The van der Waals surface area contributed by atoms with Crippen LogP contribution >= 0.6 is 0 Å². The Morgan fingerprint density at radius 3 is 1.68 bits per heavy atom. The second-order valence-electron chi connectivity index (χ2n) is 7.82. The molecule has 2 heterocycles. The lowest BCUT2D eigenvalue weighted by Gasteiger charge is -2.37. The molecule has 0 bridgehead atoms. The van der Waals surface area contributed by atoms with Gasteiger partial charge in [-0.25, -0.2) is 9.67 Å². The van der Waals surface area contributed by atoms with Gasteiger partial charge >= 0.3 is 6.18 Å². The third-order valence-corrected chi connectivity index (χ3v) is 5.73. The number of benzene rings is 3. The van der Waals surface area contributed by atoms with E-state index in [-0.39, 0.29) is 5.88 Å². The molecule has 5 aromatic rings. The highest BCUT2D eigenvalue weighted by molar-refractivity contribution is 5.84. The van der Waals surface area contributed by atoms with E-state index in [1.807, 2.05) is 95.7 Å². The number of alkyl halides is 3. The summed E-state index contributed by atoms with van der Waals surface area (Å²) in [6, 6.07) is 31.5. The van der Waals surface area contributed by atoms with Crippen LogP contribution in [0.3, 0.4) is 0 Å². The standard InChI is InChI=1S/C27H20F3N3O/c28-26(29,30)19-34-25-23-18-32-33(24(23)16-17-31-25)27(20-10-4-1-5-11-20,21-12-6-2-7-13-21)22-14-8-3-9-15-22/h1-18H,19H2. The van der Waals surface area contributed by atoms with Gasteiger partial charge < -0.3 is 4.74 Å². The van der Waals surface area contributed by atoms with Gasteiger partial charge in [0, 0.05) is 6.20 Å². The normalized spacial score (nSPS) is 12.1. The predicted molar refractivity (Wildman–Crippen MR) is 124 cm³/mol. The van der Waals surface area contributed by atoms with Crippen LogP contribution in [0, 0.1) is 0 Å². The highest BCUT2D eigenvalue weighted by Crippen LogP contribution is 2.42. The van der Waals surface area contributed by atoms with Crippen LogP contribution in [-0.4, -0.2) is 27.5 Å². The molecular weight excluding hydrogens is 439 g/mol. The van der Waals surface area contributed by atoms with Gasteiger partial charge in [-0.15, -0.1) is 0 Å². The third-order valence-electron chi connectivity index (χ3n) is 5.73. The van der Waals surface area contributed by atoms with Crippen molar-refractivity contribution in [2.75, 3.05) is 6.61 Å². The van der Waals surface area contributed by atoms with Crippen molar-refractivity contribution in [1.29, 1.82) is 0 Å². The Balaban J connectivity index is 1.82. The molecule has 2 aromatic heterocycles. The molecule has 0 radical (unpaired) electrons. The second kappa shape index (κ2) is 8.67. The van der Waals surface area contributed by atoms with Gasteiger partial charge in [0.1, 0.15) is 5.54 Å². The minimum Gasteiger partial charge on any atom is -0.467 e. The molecule has 34 heavy (non-hydrogen) atoms. The average molecular weight is 459 g/mol.